The quantitative estimate of drug-likeness (QED) is 0.722. The highest BCUT2D eigenvalue weighted by molar-refractivity contribution is 5.67. The number of nitrogens with one attached hydrogen (secondary N) is 1. The Morgan fingerprint density at radius 3 is 2.44 bits per heavy atom. The lowest BCUT2D eigenvalue weighted by Gasteiger charge is -2.23. The fourth-order valence-corrected chi connectivity index (χ4v) is 3.28. The van der Waals surface area contributed by atoms with Crippen LogP contribution in [-0.4, -0.2) is 44.3 Å². The molecule has 0 fully saturated rings. The first-order valence-electron chi connectivity index (χ1n) is 9.01. The summed E-state index contributed by atoms with van der Waals surface area (Å²) in [4.78, 5) is 11.1. The zero-order valence-corrected chi connectivity index (χ0v) is 16.3. The first kappa shape index (κ1) is 18.8. The van der Waals surface area contributed by atoms with E-state index < -0.39 is 0 Å². The van der Waals surface area contributed by atoms with Crippen molar-refractivity contribution >= 4 is 17.8 Å². The minimum atomic E-state index is 0.750. The second kappa shape index (κ2) is 8.18. The van der Waals surface area contributed by atoms with Gasteiger partial charge in [0.05, 0.1) is 6.20 Å². The number of carbonyl (C=O) groups excluding carboxylic acids is 1. The van der Waals surface area contributed by atoms with Gasteiger partial charge >= 0.3 is 0 Å². The molecule has 0 atom stereocenters. The number of rotatable bonds is 3. The Morgan fingerprint density at radius 2 is 1.81 bits per heavy atom. The fraction of sp³-hybridized carbons (Fsp3) is 0.350. The highest BCUT2D eigenvalue weighted by Crippen LogP contribution is 2.28. The van der Waals surface area contributed by atoms with Gasteiger partial charge in [-0.25, -0.2) is 0 Å². The normalized spacial score (nSPS) is 13.5. The lowest BCUT2D eigenvalue weighted by molar-refractivity contribution is -0.106. The molecule has 0 saturated heterocycles. The van der Waals surface area contributed by atoms with E-state index in [-0.39, 0.29) is 0 Å². The van der Waals surface area contributed by atoms with Crippen LogP contribution >= 0.6 is 0 Å². The fourth-order valence-electron chi connectivity index (χ4n) is 3.28. The van der Waals surface area contributed by atoms with Crippen LogP contribution in [0.4, 0.5) is 11.5 Å². The molecule has 1 N–H and O–H groups in total. The van der Waals surface area contributed by atoms with Crippen LogP contribution in [0.3, 0.4) is 0 Å². The Kier molecular flexibility index (Phi) is 5.71. The Hall–Kier alpha value is -2.93. The van der Waals surface area contributed by atoms with Crippen molar-refractivity contribution in [3.05, 3.63) is 47.9 Å². The predicted molar refractivity (Wildman–Crippen MR) is 107 cm³/mol. The zero-order chi connectivity index (χ0) is 19.4. The van der Waals surface area contributed by atoms with E-state index in [9.17, 15) is 0 Å². The maximum absolute atomic E-state index is 8.81. The van der Waals surface area contributed by atoms with Crippen molar-refractivity contribution in [2.75, 3.05) is 18.9 Å². The van der Waals surface area contributed by atoms with Crippen molar-refractivity contribution in [3.8, 4) is 11.1 Å². The van der Waals surface area contributed by atoms with Crippen LogP contribution in [0.5, 0.6) is 0 Å². The Morgan fingerprint density at radius 1 is 1.11 bits per heavy atom. The molecule has 0 aliphatic carbocycles. The van der Waals surface area contributed by atoms with Crippen molar-refractivity contribution in [1.82, 2.24) is 24.5 Å². The van der Waals surface area contributed by atoms with Crippen LogP contribution in [0.25, 0.3) is 11.1 Å². The molecule has 7 nitrogen and oxygen atoms in total. The van der Waals surface area contributed by atoms with E-state index in [1.54, 1.807) is 0 Å². The van der Waals surface area contributed by atoms with E-state index >= 15 is 0 Å². The molecule has 142 valence electrons. The Balaban J connectivity index is 0.000000659. The molecule has 1 aliphatic heterocycles. The summed E-state index contributed by atoms with van der Waals surface area (Å²) in [5.41, 5.74) is 5.99. The first-order valence-corrected chi connectivity index (χ1v) is 9.01. The van der Waals surface area contributed by atoms with Crippen molar-refractivity contribution in [2.45, 2.75) is 19.9 Å². The molecule has 0 unspecified atom stereocenters. The summed E-state index contributed by atoms with van der Waals surface area (Å²) in [6.45, 7) is 3.48. The molecule has 3 heterocycles. The van der Waals surface area contributed by atoms with E-state index in [1.807, 2.05) is 35.9 Å². The molecule has 4 rings (SSSR count). The number of likely N-dealkylation sites (N-methyl/N-ethyl adjacent to an activating group) is 1. The minimum absolute atomic E-state index is 0.750. The summed E-state index contributed by atoms with van der Waals surface area (Å²) in [5.74, 6) is 0.966. The molecule has 2 aromatic heterocycles. The SMILES string of the molecule is CC=O.CN1CCc2c(c(Nc3ccc(-c4cnn(C)c4)cc3)nn2C)C1. The second-order valence-electron chi connectivity index (χ2n) is 6.73. The number of hydrogen-bond donors (Lipinski definition) is 1. The molecule has 27 heavy (non-hydrogen) atoms. The smallest absolute Gasteiger partial charge is 0.157 e. The van der Waals surface area contributed by atoms with Crippen LogP contribution in [0, 0.1) is 0 Å². The molecular formula is C20H26N6O. The van der Waals surface area contributed by atoms with Gasteiger partial charge in [0.25, 0.3) is 0 Å². The summed E-state index contributed by atoms with van der Waals surface area (Å²) >= 11 is 0. The molecule has 0 radical (unpaired) electrons. The van der Waals surface area contributed by atoms with Gasteiger partial charge < -0.3 is 15.0 Å². The topological polar surface area (TPSA) is 68.0 Å². The second-order valence-corrected chi connectivity index (χ2v) is 6.73. The molecule has 0 spiro atoms. The first-order chi connectivity index (χ1) is 13.0. The van der Waals surface area contributed by atoms with Gasteiger partial charge in [-0.2, -0.15) is 10.2 Å². The van der Waals surface area contributed by atoms with Crippen molar-refractivity contribution in [1.29, 1.82) is 0 Å². The summed E-state index contributed by atoms with van der Waals surface area (Å²) in [7, 11) is 6.11. The van der Waals surface area contributed by atoms with Crippen molar-refractivity contribution < 1.29 is 4.79 Å². The number of fused-ring (bicyclic) bond motifs is 1. The molecule has 7 heteroatoms. The molecule has 1 aliphatic rings. The summed E-state index contributed by atoms with van der Waals surface area (Å²) in [6, 6.07) is 8.41. The highest BCUT2D eigenvalue weighted by Gasteiger charge is 2.22. The van der Waals surface area contributed by atoms with E-state index in [2.05, 4.69) is 51.7 Å². The number of aryl methyl sites for hydroxylation is 2. The lowest BCUT2D eigenvalue weighted by atomic mass is 10.1. The molecule has 3 aromatic rings. The number of benzene rings is 1. The number of nitrogens with zero attached hydrogens (tertiary/aromatic N) is 5. The van der Waals surface area contributed by atoms with Gasteiger partial charge in [0, 0.05) is 62.3 Å². The average molecular weight is 366 g/mol. The predicted octanol–water partition coefficient (Wildman–Crippen LogP) is 2.76. The maximum atomic E-state index is 8.81. The Bertz CT molecular complexity index is 909. The number of carbonyl (C=O) groups is 1. The minimum Gasteiger partial charge on any atom is -0.338 e. The third-order valence-electron chi connectivity index (χ3n) is 4.62. The number of hydrogen-bond acceptors (Lipinski definition) is 5. The van der Waals surface area contributed by atoms with E-state index in [0.717, 1.165) is 48.4 Å². The summed E-state index contributed by atoms with van der Waals surface area (Å²) in [6.07, 6.45) is 5.71. The third kappa shape index (κ3) is 4.25. The third-order valence-corrected chi connectivity index (χ3v) is 4.62. The van der Waals surface area contributed by atoms with Crippen molar-refractivity contribution in [3.63, 3.8) is 0 Å². The van der Waals surface area contributed by atoms with E-state index in [0.29, 0.717) is 0 Å². The van der Waals surface area contributed by atoms with Crippen LogP contribution < -0.4 is 5.32 Å². The number of anilines is 2. The Labute approximate surface area is 159 Å². The summed E-state index contributed by atoms with van der Waals surface area (Å²) in [5, 5.41) is 12.4. The van der Waals surface area contributed by atoms with Gasteiger partial charge in [0.1, 0.15) is 6.29 Å². The maximum Gasteiger partial charge on any atom is 0.157 e. The van der Waals surface area contributed by atoms with Crippen molar-refractivity contribution in [2.24, 2.45) is 14.1 Å². The molecule has 0 amide bonds. The number of aldehydes is 1. The monoisotopic (exact) mass is 366 g/mol. The van der Waals surface area contributed by atoms with Gasteiger partial charge in [-0.3, -0.25) is 9.36 Å². The summed E-state index contributed by atoms with van der Waals surface area (Å²) < 4.78 is 3.83. The van der Waals surface area contributed by atoms with Gasteiger partial charge in [-0.05, 0) is 31.7 Å². The van der Waals surface area contributed by atoms with Gasteiger partial charge in [-0.15, -0.1) is 0 Å². The standard InChI is InChI=1S/C18H22N6.C2H4O/c1-22-9-8-17-16(12-22)18(21-24(17)3)20-15-6-4-13(5-7-15)14-10-19-23(2)11-14;1-2-3/h4-7,10-11H,8-9,12H2,1-3H3,(H,20,21);2H,1H3. The largest absolute Gasteiger partial charge is 0.338 e. The average Bonchev–Trinajstić information content (AvgIpc) is 3.20. The molecular weight excluding hydrogens is 340 g/mol. The molecule has 0 bridgehead atoms. The van der Waals surface area contributed by atoms with Crippen LogP contribution in [-0.2, 0) is 31.9 Å². The van der Waals surface area contributed by atoms with Crippen LogP contribution in [0.2, 0.25) is 0 Å². The molecule has 1 aromatic carbocycles. The zero-order valence-electron chi connectivity index (χ0n) is 16.3. The lowest BCUT2D eigenvalue weighted by Crippen LogP contribution is -2.27. The van der Waals surface area contributed by atoms with E-state index in [4.69, 9.17) is 4.79 Å². The van der Waals surface area contributed by atoms with Gasteiger partial charge in [-0.1, -0.05) is 12.1 Å². The molecule has 0 saturated carbocycles. The number of aromatic nitrogens is 4. The van der Waals surface area contributed by atoms with Crippen LogP contribution in [0.15, 0.2) is 36.7 Å². The van der Waals surface area contributed by atoms with Crippen LogP contribution in [0.1, 0.15) is 18.2 Å². The van der Waals surface area contributed by atoms with E-state index in [1.165, 1.54) is 18.2 Å². The highest BCUT2D eigenvalue weighted by atomic mass is 16.1. The van der Waals surface area contributed by atoms with Gasteiger partial charge in [0.15, 0.2) is 5.82 Å². The van der Waals surface area contributed by atoms with Gasteiger partial charge in [0.2, 0.25) is 0 Å².